The van der Waals surface area contributed by atoms with Gasteiger partial charge in [0, 0.05) is 22.9 Å². The Morgan fingerprint density at radius 1 is 1.42 bits per heavy atom. The lowest BCUT2D eigenvalue weighted by atomic mass is 10.2. The Kier molecular flexibility index (Phi) is 3.38. The Balaban J connectivity index is 1.77. The third kappa shape index (κ3) is 2.71. The summed E-state index contributed by atoms with van der Waals surface area (Å²) in [4.78, 5) is 12.1. The summed E-state index contributed by atoms with van der Waals surface area (Å²) in [7, 11) is 0. The van der Waals surface area contributed by atoms with Crippen molar-refractivity contribution < 1.29 is 9.21 Å². The van der Waals surface area contributed by atoms with E-state index in [9.17, 15) is 4.79 Å². The zero-order valence-corrected chi connectivity index (χ0v) is 11.3. The van der Waals surface area contributed by atoms with Crippen molar-refractivity contribution in [2.24, 2.45) is 0 Å². The number of carbonyl (C=O) groups excluding carboxylic acids is 1. The molecule has 5 heteroatoms. The van der Waals surface area contributed by atoms with Gasteiger partial charge < -0.3 is 15.5 Å². The fraction of sp³-hybridized carbons (Fsp3) is 0.357. The zero-order valence-electron chi connectivity index (χ0n) is 10.5. The number of thioether (sulfide) groups is 1. The Bertz CT molecular complexity index is 603. The maximum Gasteiger partial charge on any atom is 0.287 e. The molecule has 4 nitrogen and oxygen atoms in total. The summed E-state index contributed by atoms with van der Waals surface area (Å²) in [5.41, 5.74) is 7.08. The summed E-state index contributed by atoms with van der Waals surface area (Å²) in [5.74, 6) is 2.40. The first-order valence-corrected chi connectivity index (χ1v) is 7.55. The lowest BCUT2D eigenvalue weighted by Gasteiger charge is -2.21. The van der Waals surface area contributed by atoms with Crippen molar-refractivity contribution in [3.05, 3.63) is 30.0 Å². The Morgan fingerprint density at radius 2 is 2.32 bits per heavy atom. The van der Waals surface area contributed by atoms with Gasteiger partial charge in [0.2, 0.25) is 0 Å². The highest BCUT2D eigenvalue weighted by atomic mass is 32.2. The SMILES string of the molecule is Nc1ccc2oc(C(=O)NC3CCCSC3)cc2c1. The molecule has 0 bridgehead atoms. The average molecular weight is 276 g/mol. The summed E-state index contributed by atoms with van der Waals surface area (Å²) >= 11 is 1.89. The van der Waals surface area contributed by atoms with Gasteiger partial charge in [0.15, 0.2) is 5.76 Å². The largest absolute Gasteiger partial charge is 0.451 e. The van der Waals surface area contributed by atoms with Gasteiger partial charge >= 0.3 is 0 Å². The molecule has 2 heterocycles. The molecule has 3 rings (SSSR count). The Hall–Kier alpha value is -1.62. The Morgan fingerprint density at radius 3 is 3.11 bits per heavy atom. The van der Waals surface area contributed by atoms with Crippen molar-refractivity contribution in [2.45, 2.75) is 18.9 Å². The molecule has 0 saturated carbocycles. The van der Waals surface area contributed by atoms with Crippen LogP contribution in [0.15, 0.2) is 28.7 Å². The molecule has 100 valence electrons. The van der Waals surface area contributed by atoms with Gasteiger partial charge in [-0.15, -0.1) is 0 Å². The minimum Gasteiger partial charge on any atom is -0.451 e. The van der Waals surface area contributed by atoms with Crippen LogP contribution < -0.4 is 11.1 Å². The molecule has 0 radical (unpaired) electrons. The molecule has 0 aliphatic carbocycles. The van der Waals surface area contributed by atoms with Gasteiger partial charge in [-0.1, -0.05) is 0 Å². The lowest BCUT2D eigenvalue weighted by Crippen LogP contribution is -2.38. The summed E-state index contributed by atoms with van der Waals surface area (Å²) in [6.07, 6.45) is 2.21. The summed E-state index contributed by atoms with van der Waals surface area (Å²) < 4.78 is 5.55. The van der Waals surface area contributed by atoms with Gasteiger partial charge in [-0.3, -0.25) is 4.79 Å². The van der Waals surface area contributed by atoms with Crippen molar-refractivity contribution in [1.29, 1.82) is 0 Å². The van der Waals surface area contributed by atoms with Gasteiger partial charge in [-0.2, -0.15) is 11.8 Å². The van der Waals surface area contributed by atoms with E-state index in [1.54, 1.807) is 18.2 Å². The quantitative estimate of drug-likeness (QED) is 0.827. The third-order valence-corrected chi connectivity index (χ3v) is 4.48. The first-order chi connectivity index (χ1) is 9.22. The maximum absolute atomic E-state index is 12.1. The van der Waals surface area contributed by atoms with E-state index in [2.05, 4.69) is 5.32 Å². The Labute approximate surface area is 115 Å². The number of nitrogen functional groups attached to an aromatic ring is 1. The number of amides is 1. The van der Waals surface area contributed by atoms with Crippen LogP contribution in [0.1, 0.15) is 23.4 Å². The van der Waals surface area contributed by atoms with E-state index in [1.165, 1.54) is 5.75 Å². The van der Waals surface area contributed by atoms with Gasteiger partial charge in [-0.25, -0.2) is 0 Å². The predicted octanol–water partition coefficient (Wildman–Crippen LogP) is 2.64. The fourth-order valence-electron chi connectivity index (χ4n) is 2.28. The molecule has 1 aromatic heterocycles. The number of hydrogen-bond donors (Lipinski definition) is 2. The van der Waals surface area contributed by atoms with Crippen LogP contribution in [-0.4, -0.2) is 23.5 Å². The number of nitrogens with two attached hydrogens (primary N) is 1. The van der Waals surface area contributed by atoms with Gasteiger partial charge in [-0.05, 0) is 42.9 Å². The number of hydrogen-bond acceptors (Lipinski definition) is 4. The van der Waals surface area contributed by atoms with E-state index >= 15 is 0 Å². The van der Waals surface area contributed by atoms with Crippen LogP contribution in [0.3, 0.4) is 0 Å². The third-order valence-electron chi connectivity index (χ3n) is 3.26. The van der Waals surface area contributed by atoms with E-state index in [0.29, 0.717) is 17.0 Å². The van der Waals surface area contributed by atoms with Crippen LogP contribution in [-0.2, 0) is 0 Å². The van der Waals surface area contributed by atoms with Gasteiger partial charge in [0.05, 0.1) is 0 Å². The molecule has 3 N–H and O–H groups in total. The minimum atomic E-state index is -0.137. The fourth-order valence-corrected chi connectivity index (χ4v) is 3.36. The molecule has 1 amide bonds. The number of benzene rings is 1. The molecule has 1 fully saturated rings. The number of fused-ring (bicyclic) bond motifs is 1. The minimum absolute atomic E-state index is 0.137. The smallest absolute Gasteiger partial charge is 0.287 e. The van der Waals surface area contributed by atoms with Crippen molar-refractivity contribution in [2.75, 3.05) is 17.2 Å². The van der Waals surface area contributed by atoms with E-state index in [1.807, 2.05) is 17.8 Å². The van der Waals surface area contributed by atoms with E-state index < -0.39 is 0 Å². The number of nitrogens with one attached hydrogen (secondary N) is 1. The molecular formula is C14H16N2O2S. The van der Waals surface area contributed by atoms with E-state index in [-0.39, 0.29) is 11.9 Å². The van der Waals surface area contributed by atoms with E-state index in [4.69, 9.17) is 10.2 Å². The second-order valence-electron chi connectivity index (χ2n) is 4.80. The van der Waals surface area contributed by atoms with Crippen molar-refractivity contribution >= 4 is 34.3 Å². The molecule has 1 aromatic carbocycles. The van der Waals surface area contributed by atoms with Gasteiger partial charge in [0.1, 0.15) is 5.58 Å². The normalized spacial score (nSPS) is 19.5. The van der Waals surface area contributed by atoms with Crippen LogP contribution in [0.2, 0.25) is 0 Å². The number of carbonyl (C=O) groups is 1. The van der Waals surface area contributed by atoms with Crippen LogP contribution in [0.4, 0.5) is 5.69 Å². The molecule has 1 unspecified atom stereocenters. The molecule has 1 saturated heterocycles. The zero-order chi connectivity index (χ0) is 13.2. The van der Waals surface area contributed by atoms with Crippen molar-refractivity contribution in [3.63, 3.8) is 0 Å². The summed E-state index contributed by atoms with van der Waals surface area (Å²) in [6.45, 7) is 0. The summed E-state index contributed by atoms with van der Waals surface area (Å²) in [5, 5.41) is 3.89. The van der Waals surface area contributed by atoms with Gasteiger partial charge in [0.25, 0.3) is 5.91 Å². The molecular weight excluding hydrogens is 260 g/mol. The first kappa shape index (κ1) is 12.4. The lowest BCUT2D eigenvalue weighted by molar-refractivity contribution is 0.0913. The second-order valence-corrected chi connectivity index (χ2v) is 5.95. The first-order valence-electron chi connectivity index (χ1n) is 6.40. The van der Waals surface area contributed by atoms with Crippen molar-refractivity contribution in [3.8, 4) is 0 Å². The molecule has 0 spiro atoms. The highest BCUT2D eigenvalue weighted by Gasteiger charge is 2.19. The monoisotopic (exact) mass is 276 g/mol. The molecule has 1 aliphatic rings. The predicted molar refractivity (Wildman–Crippen MR) is 78.4 cm³/mol. The van der Waals surface area contributed by atoms with Crippen molar-refractivity contribution in [1.82, 2.24) is 5.32 Å². The topological polar surface area (TPSA) is 68.3 Å². The number of rotatable bonds is 2. The van der Waals surface area contributed by atoms with Crippen LogP contribution in [0, 0.1) is 0 Å². The number of furan rings is 1. The highest BCUT2D eigenvalue weighted by Crippen LogP contribution is 2.22. The molecule has 1 atom stereocenters. The molecule has 1 aliphatic heterocycles. The van der Waals surface area contributed by atoms with E-state index in [0.717, 1.165) is 24.0 Å². The van der Waals surface area contributed by atoms with Crippen LogP contribution in [0.5, 0.6) is 0 Å². The second kappa shape index (κ2) is 5.17. The molecule has 19 heavy (non-hydrogen) atoms. The standard InChI is InChI=1S/C14H16N2O2S/c15-10-3-4-12-9(6-10)7-13(18-12)14(17)16-11-2-1-5-19-8-11/h3-4,6-7,11H,1-2,5,8,15H2,(H,16,17). The maximum atomic E-state index is 12.1. The number of anilines is 1. The average Bonchev–Trinajstić information content (AvgIpc) is 2.83. The van der Waals surface area contributed by atoms with Crippen LogP contribution >= 0.6 is 11.8 Å². The highest BCUT2D eigenvalue weighted by molar-refractivity contribution is 7.99. The molecule has 2 aromatic rings. The van der Waals surface area contributed by atoms with Crippen LogP contribution in [0.25, 0.3) is 11.0 Å². The summed E-state index contributed by atoms with van der Waals surface area (Å²) in [6, 6.07) is 7.37.